The first-order valence-electron chi connectivity index (χ1n) is 6.30. The van der Waals surface area contributed by atoms with Gasteiger partial charge in [-0.15, -0.1) is 0 Å². The van der Waals surface area contributed by atoms with Gasteiger partial charge < -0.3 is 11.5 Å². The van der Waals surface area contributed by atoms with Gasteiger partial charge in [-0.1, -0.05) is 38.5 Å². The second-order valence-corrected chi connectivity index (χ2v) is 4.80. The predicted octanol–water partition coefficient (Wildman–Crippen LogP) is 2.17. The van der Waals surface area contributed by atoms with Crippen molar-refractivity contribution >= 4 is 18.9 Å². The van der Waals surface area contributed by atoms with E-state index in [0.29, 0.717) is 12.1 Å². The number of hydrogen-bond donors (Lipinski definition) is 2. The zero-order chi connectivity index (χ0) is 10.2. The quantitative estimate of drug-likeness (QED) is 0.595. The molecule has 0 spiro atoms. The van der Waals surface area contributed by atoms with Crippen LogP contribution in [-0.2, 0) is 0 Å². The van der Waals surface area contributed by atoms with E-state index in [4.69, 9.17) is 11.5 Å². The fourth-order valence-electron chi connectivity index (χ4n) is 2.27. The molecule has 2 saturated carbocycles. The van der Waals surface area contributed by atoms with E-state index in [2.05, 4.69) is 0 Å². The summed E-state index contributed by atoms with van der Waals surface area (Å²) in [4.78, 5) is 0. The van der Waals surface area contributed by atoms with E-state index in [1.54, 1.807) is 0 Å². The minimum absolute atomic E-state index is 0. The average molecular weight is 205 g/mol. The van der Waals surface area contributed by atoms with E-state index in [0.717, 1.165) is 0 Å². The summed E-state index contributed by atoms with van der Waals surface area (Å²) < 4.78 is 0. The van der Waals surface area contributed by atoms with Crippen molar-refractivity contribution in [1.82, 2.24) is 0 Å². The first-order chi connectivity index (χ1) is 6.79. The van der Waals surface area contributed by atoms with E-state index in [9.17, 15) is 0 Å². The molecule has 2 fully saturated rings. The van der Waals surface area contributed by atoms with Crippen molar-refractivity contribution in [3.8, 4) is 0 Å². The number of rotatable bonds is 0. The molecule has 0 heterocycles. The average Bonchev–Trinajstić information content (AvgIpc) is 2.21. The van der Waals surface area contributed by atoms with Crippen LogP contribution in [0.3, 0.4) is 0 Å². The maximum atomic E-state index is 5.63. The maximum Gasteiger partial charge on any atom is 0.00388 e. The zero-order valence-corrected chi connectivity index (χ0v) is 10.4. The van der Waals surface area contributed by atoms with Crippen LogP contribution in [0.5, 0.6) is 0 Å². The molecule has 0 bridgehead atoms. The summed E-state index contributed by atoms with van der Waals surface area (Å²) in [7, 11) is 0. The minimum Gasteiger partial charge on any atom is -0.328 e. The second-order valence-electron chi connectivity index (χ2n) is 4.80. The van der Waals surface area contributed by atoms with E-state index < -0.39 is 0 Å². The van der Waals surface area contributed by atoms with Crippen LogP contribution < -0.4 is 11.5 Å². The molecule has 1 radical (unpaired) electrons. The fourth-order valence-corrected chi connectivity index (χ4v) is 2.27. The van der Waals surface area contributed by atoms with Crippen LogP contribution in [0.4, 0.5) is 0 Å². The monoisotopic (exact) mass is 205 g/mol. The van der Waals surface area contributed by atoms with Crippen molar-refractivity contribution < 1.29 is 0 Å². The van der Waals surface area contributed by atoms with E-state index in [1.807, 2.05) is 0 Å². The Balaban J connectivity index is 0.000000245. The molecule has 2 rings (SSSR count). The van der Waals surface area contributed by atoms with Crippen molar-refractivity contribution in [1.29, 1.82) is 0 Å². The Kier molecular flexibility index (Phi) is 10.1. The fraction of sp³-hybridized carbons (Fsp3) is 1.00. The molecule has 0 aromatic rings. The maximum absolute atomic E-state index is 5.63. The molecule has 15 heavy (non-hydrogen) atoms. The van der Waals surface area contributed by atoms with E-state index >= 15 is 0 Å². The van der Waals surface area contributed by atoms with Gasteiger partial charge in [0.1, 0.15) is 0 Å². The van der Waals surface area contributed by atoms with Crippen molar-refractivity contribution in [3.05, 3.63) is 0 Å². The zero-order valence-electron chi connectivity index (χ0n) is 10.4. The summed E-state index contributed by atoms with van der Waals surface area (Å²) in [5.74, 6) is 0. The third-order valence-electron chi connectivity index (χ3n) is 3.30. The van der Waals surface area contributed by atoms with E-state index in [-0.39, 0.29) is 18.9 Å². The van der Waals surface area contributed by atoms with Gasteiger partial charge in [0.05, 0.1) is 0 Å². The van der Waals surface area contributed by atoms with Crippen LogP contribution >= 0.6 is 0 Å². The molecule has 4 N–H and O–H groups in total. The molecule has 2 nitrogen and oxygen atoms in total. The van der Waals surface area contributed by atoms with Crippen LogP contribution in [0.15, 0.2) is 0 Å². The molecule has 3 heteroatoms. The van der Waals surface area contributed by atoms with Crippen LogP contribution in [0.2, 0.25) is 0 Å². The van der Waals surface area contributed by atoms with Crippen molar-refractivity contribution in [3.63, 3.8) is 0 Å². The van der Waals surface area contributed by atoms with Gasteiger partial charge in [0.25, 0.3) is 0 Å². The van der Waals surface area contributed by atoms with Gasteiger partial charge in [-0.2, -0.15) is 0 Å². The Hall–Kier alpha value is 0.517. The van der Waals surface area contributed by atoms with Gasteiger partial charge >= 0.3 is 0 Å². The summed E-state index contributed by atoms with van der Waals surface area (Å²) in [5.41, 5.74) is 11.3. The van der Waals surface area contributed by atoms with Crippen LogP contribution in [0.25, 0.3) is 0 Å². The third-order valence-corrected chi connectivity index (χ3v) is 3.30. The molecule has 0 atom stereocenters. The molecule has 0 amide bonds. The van der Waals surface area contributed by atoms with Gasteiger partial charge in [0.15, 0.2) is 0 Å². The molecular weight excluding hydrogens is 179 g/mol. The standard InChI is InChI=1S/2C6H13N.Li/c2*7-6-4-2-1-3-5-6;/h2*6H,1-5,7H2;. The summed E-state index contributed by atoms with van der Waals surface area (Å²) in [6, 6.07) is 1.07. The van der Waals surface area contributed by atoms with Crippen LogP contribution in [-0.4, -0.2) is 30.9 Å². The Morgan fingerprint density at radius 3 is 0.933 bits per heavy atom. The minimum atomic E-state index is 0. The molecular formula is C12H26LiN2. The first-order valence-corrected chi connectivity index (χ1v) is 6.30. The summed E-state index contributed by atoms with van der Waals surface area (Å²) >= 11 is 0. The van der Waals surface area contributed by atoms with Crippen LogP contribution in [0.1, 0.15) is 64.2 Å². The number of hydrogen-bond acceptors (Lipinski definition) is 2. The SMILES string of the molecule is NC1CCCCC1.NC1CCCCC1.[Li]. The summed E-state index contributed by atoms with van der Waals surface area (Å²) in [6.07, 6.45) is 13.3. The van der Waals surface area contributed by atoms with Gasteiger partial charge in [-0.05, 0) is 25.7 Å². The molecule has 2 aliphatic carbocycles. The normalized spacial score (nSPS) is 23.6. The summed E-state index contributed by atoms with van der Waals surface area (Å²) in [6.45, 7) is 0. The van der Waals surface area contributed by atoms with Gasteiger partial charge in [0.2, 0.25) is 0 Å². The van der Waals surface area contributed by atoms with Crippen molar-refractivity contribution in [2.24, 2.45) is 11.5 Å². The molecule has 0 saturated heterocycles. The molecule has 0 aromatic heterocycles. The third kappa shape index (κ3) is 8.34. The Labute approximate surface area is 107 Å². The van der Waals surface area contributed by atoms with Crippen LogP contribution in [0, 0.1) is 0 Å². The molecule has 85 valence electrons. The van der Waals surface area contributed by atoms with Crippen molar-refractivity contribution in [2.45, 2.75) is 76.3 Å². The number of nitrogens with two attached hydrogens (primary N) is 2. The first kappa shape index (κ1) is 15.5. The topological polar surface area (TPSA) is 52.0 Å². The van der Waals surface area contributed by atoms with Gasteiger partial charge in [0, 0.05) is 30.9 Å². The molecule has 0 aromatic carbocycles. The molecule has 2 aliphatic rings. The van der Waals surface area contributed by atoms with Gasteiger partial charge in [-0.25, -0.2) is 0 Å². The predicted molar refractivity (Wildman–Crippen MR) is 67.9 cm³/mol. The van der Waals surface area contributed by atoms with E-state index in [1.165, 1.54) is 64.2 Å². The van der Waals surface area contributed by atoms with Crippen molar-refractivity contribution in [2.75, 3.05) is 0 Å². The molecule has 0 aliphatic heterocycles. The Morgan fingerprint density at radius 1 is 0.533 bits per heavy atom. The largest absolute Gasteiger partial charge is 0.328 e. The Bertz CT molecular complexity index is 114. The summed E-state index contributed by atoms with van der Waals surface area (Å²) in [5, 5.41) is 0. The Morgan fingerprint density at radius 2 is 0.800 bits per heavy atom. The van der Waals surface area contributed by atoms with Gasteiger partial charge in [-0.3, -0.25) is 0 Å². The smallest absolute Gasteiger partial charge is 0.00388 e. The molecule has 0 unspecified atom stereocenters. The second kappa shape index (κ2) is 9.72.